The van der Waals surface area contributed by atoms with Crippen molar-refractivity contribution in [3.05, 3.63) is 40.0 Å². The molecular formula is C15H18BrN3. The van der Waals surface area contributed by atoms with E-state index in [0.717, 1.165) is 22.3 Å². The van der Waals surface area contributed by atoms with E-state index in [4.69, 9.17) is 0 Å². The molecule has 4 heteroatoms. The van der Waals surface area contributed by atoms with Crippen molar-refractivity contribution in [3.63, 3.8) is 0 Å². The largest absolute Gasteiger partial charge is 0.309 e. The van der Waals surface area contributed by atoms with Gasteiger partial charge < -0.3 is 5.32 Å². The lowest BCUT2D eigenvalue weighted by Gasteiger charge is -2.11. The van der Waals surface area contributed by atoms with Gasteiger partial charge in [-0.1, -0.05) is 29.8 Å². The summed E-state index contributed by atoms with van der Waals surface area (Å²) >= 11 is 3.74. The van der Waals surface area contributed by atoms with Gasteiger partial charge in [-0.25, -0.2) is 0 Å². The van der Waals surface area contributed by atoms with E-state index in [-0.39, 0.29) is 0 Å². The molecule has 3 nitrogen and oxygen atoms in total. The molecule has 0 saturated carbocycles. The number of rotatable bonds is 2. The van der Waals surface area contributed by atoms with Gasteiger partial charge in [-0.2, -0.15) is 5.10 Å². The normalized spacial score (nSPS) is 19.0. The number of hydrogen-bond donors (Lipinski definition) is 1. The van der Waals surface area contributed by atoms with Gasteiger partial charge in [0.2, 0.25) is 0 Å². The van der Waals surface area contributed by atoms with Crippen LogP contribution in [0.15, 0.2) is 28.7 Å². The first-order valence-corrected chi connectivity index (χ1v) is 7.49. The highest BCUT2D eigenvalue weighted by atomic mass is 79.9. The Hall–Kier alpha value is -1.13. The molecule has 19 heavy (non-hydrogen) atoms. The van der Waals surface area contributed by atoms with Gasteiger partial charge in [0.1, 0.15) is 5.69 Å². The van der Waals surface area contributed by atoms with Gasteiger partial charge in [0.25, 0.3) is 0 Å². The highest BCUT2D eigenvalue weighted by Gasteiger charge is 2.25. The molecule has 0 radical (unpaired) electrons. The second-order valence-corrected chi connectivity index (χ2v) is 5.98. The van der Waals surface area contributed by atoms with Crippen molar-refractivity contribution in [1.82, 2.24) is 15.1 Å². The van der Waals surface area contributed by atoms with Gasteiger partial charge >= 0.3 is 0 Å². The van der Waals surface area contributed by atoms with Crippen LogP contribution in [0.4, 0.5) is 0 Å². The highest BCUT2D eigenvalue weighted by molar-refractivity contribution is 9.10. The fourth-order valence-electron chi connectivity index (χ4n) is 2.70. The van der Waals surface area contributed by atoms with Gasteiger partial charge in [0.05, 0.1) is 16.2 Å². The monoisotopic (exact) mass is 319 g/mol. The van der Waals surface area contributed by atoms with E-state index >= 15 is 0 Å². The summed E-state index contributed by atoms with van der Waals surface area (Å²) in [4.78, 5) is 0. The Labute approximate surface area is 122 Å². The van der Waals surface area contributed by atoms with Crippen LogP contribution in [0.3, 0.4) is 0 Å². The minimum Gasteiger partial charge on any atom is -0.309 e. The van der Waals surface area contributed by atoms with Crippen LogP contribution in [0.25, 0.3) is 11.3 Å². The Morgan fingerprint density at radius 1 is 1.32 bits per heavy atom. The maximum atomic E-state index is 4.68. The zero-order valence-corrected chi connectivity index (χ0v) is 12.9. The van der Waals surface area contributed by atoms with Crippen LogP contribution in [0, 0.1) is 6.92 Å². The summed E-state index contributed by atoms with van der Waals surface area (Å²) in [7, 11) is 2.03. The highest BCUT2D eigenvalue weighted by Crippen LogP contribution is 2.36. The lowest BCUT2D eigenvalue weighted by Crippen LogP contribution is -2.16. The Balaban J connectivity index is 2.03. The average Bonchev–Trinajstić information content (AvgIpc) is 2.99. The standard InChI is InChI=1S/C15H18BrN3/c1-10-5-7-11(8-6-10)14-13(16)15(19(2)18-14)12-4-3-9-17-12/h5-8,12,17H,3-4,9H2,1-2H3. The van der Waals surface area contributed by atoms with Crippen LogP contribution in [-0.2, 0) is 7.05 Å². The number of benzene rings is 1. The van der Waals surface area contributed by atoms with Crippen LogP contribution >= 0.6 is 15.9 Å². The van der Waals surface area contributed by atoms with Crippen LogP contribution < -0.4 is 5.32 Å². The zero-order valence-electron chi connectivity index (χ0n) is 11.3. The molecule has 1 unspecified atom stereocenters. The average molecular weight is 320 g/mol. The summed E-state index contributed by atoms with van der Waals surface area (Å²) in [5.74, 6) is 0. The molecule has 0 aliphatic carbocycles. The van der Waals surface area contributed by atoms with Crippen LogP contribution in [0.2, 0.25) is 0 Å². The molecule has 1 atom stereocenters. The van der Waals surface area contributed by atoms with Crippen LogP contribution in [-0.4, -0.2) is 16.3 Å². The van der Waals surface area contributed by atoms with Gasteiger partial charge in [0.15, 0.2) is 0 Å². The fraction of sp³-hybridized carbons (Fsp3) is 0.400. The molecule has 0 bridgehead atoms. The van der Waals surface area contributed by atoms with Crippen molar-refractivity contribution in [2.45, 2.75) is 25.8 Å². The first kappa shape index (κ1) is 12.9. The molecule has 3 rings (SSSR count). The predicted octanol–water partition coefficient (Wildman–Crippen LogP) is 3.58. The summed E-state index contributed by atoms with van der Waals surface area (Å²) in [5.41, 5.74) is 4.73. The van der Waals surface area contributed by atoms with Gasteiger partial charge in [-0.05, 0) is 42.2 Å². The van der Waals surface area contributed by atoms with E-state index in [9.17, 15) is 0 Å². The van der Waals surface area contributed by atoms with Crippen molar-refractivity contribution >= 4 is 15.9 Å². The molecule has 1 N–H and O–H groups in total. The minimum atomic E-state index is 0.422. The van der Waals surface area contributed by atoms with E-state index in [2.05, 4.69) is 57.5 Å². The van der Waals surface area contributed by atoms with Gasteiger partial charge in [0, 0.05) is 12.6 Å². The van der Waals surface area contributed by atoms with Gasteiger partial charge in [-0.15, -0.1) is 0 Å². The maximum Gasteiger partial charge on any atom is 0.107 e. The molecule has 0 spiro atoms. The quantitative estimate of drug-likeness (QED) is 0.916. The third kappa shape index (κ3) is 2.35. The summed E-state index contributed by atoms with van der Waals surface area (Å²) < 4.78 is 3.13. The molecule has 1 saturated heterocycles. The number of nitrogens with one attached hydrogen (secondary N) is 1. The third-order valence-corrected chi connectivity index (χ3v) is 4.53. The number of hydrogen-bond acceptors (Lipinski definition) is 2. The van der Waals surface area contributed by atoms with Crippen molar-refractivity contribution in [3.8, 4) is 11.3 Å². The number of aryl methyl sites for hydroxylation is 2. The minimum absolute atomic E-state index is 0.422. The summed E-state index contributed by atoms with van der Waals surface area (Å²) in [6, 6.07) is 8.95. The van der Waals surface area contributed by atoms with E-state index < -0.39 is 0 Å². The van der Waals surface area contributed by atoms with E-state index in [0.29, 0.717) is 6.04 Å². The maximum absolute atomic E-state index is 4.68. The van der Waals surface area contributed by atoms with Crippen molar-refractivity contribution in [2.24, 2.45) is 7.05 Å². The number of nitrogens with zero attached hydrogens (tertiary/aromatic N) is 2. The second kappa shape index (κ2) is 5.10. The molecule has 2 heterocycles. The fourth-order valence-corrected chi connectivity index (χ4v) is 3.54. The SMILES string of the molecule is Cc1ccc(-c2nn(C)c(C3CCCN3)c2Br)cc1. The van der Waals surface area contributed by atoms with E-state index in [1.165, 1.54) is 24.1 Å². The lowest BCUT2D eigenvalue weighted by atomic mass is 10.1. The Morgan fingerprint density at radius 3 is 2.68 bits per heavy atom. The van der Waals surface area contributed by atoms with Crippen LogP contribution in [0.5, 0.6) is 0 Å². The molecule has 0 amide bonds. The summed E-state index contributed by atoms with van der Waals surface area (Å²) in [5, 5.41) is 8.22. The Kier molecular flexibility index (Phi) is 3.46. The van der Waals surface area contributed by atoms with Crippen LogP contribution in [0.1, 0.15) is 30.1 Å². The predicted molar refractivity (Wildman–Crippen MR) is 81.1 cm³/mol. The molecular weight excluding hydrogens is 302 g/mol. The zero-order chi connectivity index (χ0) is 13.4. The molecule has 1 aromatic heterocycles. The third-order valence-electron chi connectivity index (χ3n) is 3.75. The Morgan fingerprint density at radius 2 is 2.05 bits per heavy atom. The molecule has 1 fully saturated rings. The first-order chi connectivity index (χ1) is 9.16. The van der Waals surface area contributed by atoms with Crippen molar-refractivity contribution in [2.75, 3.05) is 6.54 Å². The molecule has 1 aliphatic rings. The van der Waals surface area contributed by atoms with Gasteiger partial charge in [-0.3, -0.25) is 4.68 Å². The van der Waals surface area contributed by atoms with Crippen molar-refractivity contribution < 1.29 is 0 Å². The van der Waals surface area contributed by atoms with Crippen molar-refractivity contribution in [1.29, 1.82) is 0 Å². The molecule has 100 valence electrons. The molecule has 1 aromatic carbocycles. The smallest absolute Gasteiger partial charge is 0.107 e. The topological polar surface area (TPSA) is 29.9 Å². The van der Waals surface area contributed by atoms with E-state index in [1.54, 1.807) is 0 Å². The second-order valence-electron chi connectivity index (χ2n) is 5.19. The lowest BCUT2D eigenvalue weighted by molar-refractivity contribution is 0.572. The summed E-state index contributed by atoms with van der Waals surface area (Å²) in [6.45, 7) is 3.20. The van der Waals surface area contributed by atoms with E-state index in [1.807, 2.05) is 11.7 Å². The molecule has 2 aromatic rings. The Bertz CT molecular complexity index is 580. The summed E-state index contributed by atoms with van der Waals surface area (Å²) in [6.07, 6.45) is 2.42. The number of aromatic nitrogens is 2. The first-order valence-electron chi connectivity index (χ1n) is 6.69. The molecule has 1 aliphatic heterocycles. The number of halogens is 1.